The van der Waals surface area contributed by atoms with Crippen molar-refractivity contribution < 1.29 is 0 Å². The van der Waals surface area contributed by atoms with Crippen LogP contribution in [0.5, 0.6) is 0 Å². The molecule has 2 nitrogen and oxygen atoms in total. The lowest BCUT2D eigenvalue weighted by atomic mass is 9.79. The molecule has 2 rings (SSSR count). The van der Waals surface area contributed by atoms with E-state index in [1.165, 1.54) is 5.69 Å². The molecule has 0 unspecified atom stereocenters. The highest BCUT2D eigenvalue weighted by atomic mass is 14.9. The molecule has 0 spiro atoms. The summed E-state index contributed by atoms with van der Waals surface area (Å²) in [5.74, 6) is 0. The van der Waals surface area contributed by atoms with Crippen LogP contribution in [0.3, 0.4) is 0 Å². The smallest absolute Gasteiger partial charge is 0.0262 e. The van der Waals surface area contributed by atoms with Crippen LogP contribution in [0.1, 0.15) is 32.4 Å². The van der Waals surface area contributed by atoms with Crippen molar-refractivity contribution in [2.45, 2.75) is 37.6 Å². The molecule has 0 aliphatic heterocycles. The average Bonchev–Trinajstić information content (AvgIpc) is 2.59. The third kappa shape index (κ3) is 0.911. The molecule has 1 saturated carbocycles. The third-order valence-corrected chi connectivity index (χ3v) is 3.30. The lowest BCUT2D eigenvalue weighted by Crippen LogP contribution is -2.43. The third-order valence-electron chi connectivity index (χ3n) is 3.30. The number of aromatic nitrogens is 1. The van der Waals surface area contributed by atoms with E-state index in [0.29, 0.717) is 0 Å². The zero-order chi connectivity index (χ0) is 8.82. The van der Waals surface area contributed by atoms with Crippen molar-refractivity contribution in [1.82, 2.24) is 4.98 Å². The Balaban J connectivity index is 2.33. The minimum absolute atomic E-state index is 0.0395. The first-order chi connectivity index (χ1) is 5.56. The second kappa shape index (κ2) is 2.13. The summed E-state index contributed by atoms with van der Waals surface area (Å²) in [6, 6.07) is 4.15. The van der Waals surface area contributed by atoms with Gasteiger partial charge in [-0.3, -0.25) is 0 Å². The fraction of sp³-hybridized carbons (Fsp3) is 0.600. The van der Waals surface area contributed by atoms with Gasteiger partial charge in [0.25, 0.3) is 0 Å². The van der Waals surface area contributed by atoms with E-state index in [1.807, 2.05) is 12.3 Å². The first-order valence-corrected chi connectivity index (χ1v) is 4.49. The number of aromatic amines is 1. The highest BCUT2D eigenvalue weighted by Gasteiger charge is 2.52. The molecule has 1 aliphatic rings. The van der Waals surface area contributed by atoms with Crippen LogP contribution < -0.4 is 5.73 Å². The summed E-state index contributed by atoms with van der Waals surface area (Å²) in [6.45, 7) is 4.43. The second-order valence-corrected chi connectivity index (χ2v) is 4.36. The van der Waals surface area contributed by atoms with Gasteiger partial charge in [0, 0.05) is 22.8 Å². The van der Waals surface area contributed by atoms with Crippen LogP contribution in [0.15, 0.2) is 18.3 Å². The Kier molecular flexibility index (Phi) is 1.40. The van der Waals surface area contributed by atoms with Crippen LogP contribution in [0, 0.1) is 0 Å². The summed E-state index contributed by atoms with van der Waals surface area (Å²) in [6.07, 6.45) is 4.26. The van der Waals surface area contributed by atoms with Crippen molar-refractivity contribution >= 4 is 0 Å². The van der Waals surface area contributed by atoms with Gasteiger partial charge < -0.3 is 10.7 Å². The molecule has 0 amide bonds. The topological polar surface area (TPSA) is 41.8 Å². The van der Waals surface area contributed by atoms with Crippen molar-refractivity contribution in [3.05, 3.63) is 24.0 Å². The van der Waals surface area contributed by atoms with Crippen molar-refractivity contribution in [3.8, 4) is 0 Å². The maximum absolute atomic E-state index is 6.20. The van der Waals surface area contributed by atoms with E-state index >= 15 is 0 Å². The predicted molar refractivity (Wildman–Crippen MR) is 50.0 cm³/mol. The maximum Gasteiger partial charge on any atom is 0.0262 e. The van der Waals surface area contributed by atoms with Crippen molar-refractivity contribution in [2.75, 3.05) is 0 Å². The molecule has 1 heterocycles. The van der Waals surface area contributed by atoms with Gasteiger partial charge >= 0.3 is 0 Å². The first kappa shape index (κ1) is 7.87. The van der Waals surface area contributed by atoms with Crippen molar-refractivity contribution in [3.63, 3.8) is 0 Å². The molecule has 1 aromatic heterocycles. The standard InChI is InChI=1S/C10H16N2/c1-9(2,10(11)5-6-10)8-4-3-7-12-8/h3-4,7,12H,5-6,11H2,1-2H3. The quantitative estimate of drug-likeness (QED) is 0.687. The molecule has 0 saturated heterocycles. The van der Waals surface area contributed by atoms with Crippen molar-refractivity contribution in [1.29, 1.82) is 0 Å². The van der Waals surface area contributed by atoms with Crippen LogP contribution in [-0.4, -0.2) is 10.5 Å². The van der Waals surface area contributed by atoms with Crippen LogP contribution in [0.4, 0.5) is 0 Å². The van der Waals surface area contributed by atoms with E-state index in [4.69, 9.17) is 5.73 Å². The van der Waals surface area contributed by atoms with E-state index in [9.17, 15) is 0 Å². The average molecular weight is 164 g/mol. The van der Waals surface area contributed by atoms with Crippen LogP contribution >= 0.6 is 0 Å². The number of H-pyrrole nitrogens is 1. The van der Waals surface area contributed by atoms with Gasteiger partial charge in [-0.2, -0.15) is 0 Å². The fourth-order valence-corrected chi connectivity index (χ4v) is 1.75. The van der Waals surface area contributed by atoms with Crippen LogP contribution in [-0.2, 0) is 5.41 Å². The van der Waals surface area contributed by atoms with Crippen LogP contribution in [0.2, 0.25) is 0 Å². The summed E-state index contributed by atoms with van der Waals surface area (Å²) in [5, 5.41) is 0. The first-order valence-electron chi connectivity index (χ1n) is 4.49. The maximum atomic E-state index is 6.20. The largest absolute Gasteiger partial charge is 0.364 e. The van der Waals surface area contributed by atoms with Crippen molar-refractivity contribution in [2.24, 2.45) is 5.73 Å². The lowest BCUT2D eigenvalue weighted by molar-refractivity contribution is 0.382. The van der Waals surface area contributed by atoms with Gasteiger partial charge in [0.2, 0.25) is 0 Å². The molecule has 0 bridgehead atoms. The van der Waals surface area contributed by atoms with Gasteiger partial charge in [-0.15, -0.1) is 0 Å². The number of rotatable bonds is 2. The summed E-state index contributed by atoms with van der Waals surface area (Å²) in [7, 11) is 0. The second-order valence-electron chi connectivity index (χ2n) is 4.36. The molecule has 66 valence electrons. The molecule has 1 aliphatic carbocycles. The molecule has 1 aromatic rings. The molecular formula is C10H16N2. The Morgan fingerprint density at radius 3 is 2.58 bits per heavy atom. The Hall–Kier alpha value is -0.760. The Labute approximate surface area is 73.2 Å². The zero-order valence-corrected chi connectivity index (χ0v) is 7.72. The van der Waals surface area contributed by atoms with E-state index in [2.05, 4.69) is 24.9 Å². The lowest BCUT2D eigenvalue weighted by Gasteiger charge is -2.30. The van der Waals surface area contributed by atoms with E-state index in [1.54, 1.807) is 0 Å². The highest BCUT2D eigenvalue weighted by molar-refractivity contribution is 5.27. The number of nitrogens with two attached hydrogens (primary N) is 1. The SMILES string of the molecule is CC(C)(c1ccc[nH]1)C1(N)CC1. The summed E-state index contributed by atoms with van der Waals surface area (Å²) in [4.78, 5) is 3.24. The van der Waals surface area contributed by atoms with Gasteiger partial charge in [-0.05, 0) is 25.0 Å². The fourth-order valence-electron chi connectivity index (χ4n) is 1.75. The Bertz CT molecular complexity index is 268. The molecule has 12 heavy (non-hydrogen) atoms. The Morgan fingerprint density at radius 1 is 1.50 bits per heavy atom. The normalized spacial score (nSPS) is 20.9. The van der Waals surface area contributed by atoms with E-state index in [0.717, 1.165) is 12.8 Å². The van der Waals surface area contributed by atoms with Gasteiger partial charge in [0.15, 0.2) is 0 Å². The summed E-state index contributed by atoms with van der Waals surface area (Å²) >= 11 is 0. The van der Waals surface area contributed by atoms with Gasteiger partial charge in [-0.1, -0.05) is 13.8 Å². The van der Waals surface area contributed by atoms with Gasteiger partial charge in [0.05, 0.1) is 0 Å². The molecule has 0 radical (unpaired) electrons. The molecule has 1 fully saturated rings. The molecule has 0 atom stereocenters. The van der Waals surface area contributed by atoms with Gasteiger partial charge in [0.1, 0.15) is 0 Å². The zero-order valence-electron chi connectivity index (χ0n) is 7.72. The number of nitrogens with one attached hydrogen (secondary N) is 1. The van der Waals surface area contributed by atoms with E-state index in [-0.39, 0.29) is 11.0 Å². The molecular weight excluding hydrogens is 148 g/mol. The monoisotopic (exact) mass is 164 g/mol. The highest BCUT2D eigenvalue weighted by Crippen LogP contribution is 2.48. The molecule has 0 aromatic carbocycles. The summed E-state index contributed by atoms with van der Waals surface area (Å²) in [5.41, 5.74) is 7.58. The molecule has 2 heteroatoms. The predicted octanol–water partition coefficient (Wildman–Crippen LogP) is 1.78. The Morgan fingerprint density at radius 2 is 2.17 bits per heavy atom. The van der Waals surface area contributed by atoms with E-state index < -0.39 is 0 Å². The van der Waals surface area contributed by atoms with Gasteiger partial charge in [-0.25, -0.2) is 0 Å². The number of hydrogen-bond acceptors (Lipinski definition) is 1. The number of hydrogen-bond donors (Lipinski definition) is 2. The summed E-state index contributed by atoms with van der Waals surface area (Å²) < 4.78 is 0. The molecule has 3 N–H and O–H groups in total. The van der Waals surface area contributed by atoms with Crippen LogP contribution in [0.25, 0.3) is 0 Å². The minimum Gasteiger partial charge on any atom is -0.364 e. The minimum atomic E-state index is 0.0395.